The highest BCUT2D eigenvalue weighted by Crippen LogP contribution is 2.23. The number of carbonyl (C=O) groups is 2. The van der Waals surface area contributed by atoms with Gasteiger partial charge in [-0.05, 0) is 77.0 Å². The maximum Gasteiger partial charge on any atom is 0.306 e. The zero-order valence-corrected chi connectivity index (χ0v) is 39.8. The minimum atomic E-state index is -1.60. The summed E-state index contributed by atoms with van der Waals surface area (Å²) in [6, 6.07) is 0. The molecule has 6 atom stereocenters. The molecule has 10 nitrogen and oxygen atoms in total. The van der Waals surface area contributed by atoms with Crippen molar-refractivity contribution >= 4 is 11.9 Å². The van der Waals surface area contributed by atoms with Crippen LogP contribution in [0.2, 0.25) is 0 Å². The van der Waals surface area contributed by atoms with E-state index in [2.05, 4.69) is 74.6 Å². The van der Waals surface area contributed by atoms with E-state index in [4.69, 9.17) is 18.9 Å². The van der Waals surface area contributed by atoms with Gasteiger partial charge in [0.05, 0.1) is 13.2 Å². The molecule has 6 unspecified atom stereocenters. The summed E-state index contributed by atoms with van der Waals surface area (Å²) in [7, 11) is 0. The van der Waals surface area contributed by atoms with E-state index in [1.165, 1.54) is 89.9 Å². The molecule has 63 heavy (non-hydrogen) atoms. The quantitative estimate of drug-likeness (QED) is 0.0265. The highest BCUT2D eigenvalue weighted by Gasteiger charge is 2.44. The van der Waals surface area contributed by atoms with Crippen molar-refractivity contribution in [1.82, 2.24) is 0 Å². The second-order valence-corrected chi connectivity index (χ2v) is 17.2. The Morgan fingerprint density at radius 2 is 0.937 bits per heavy atom. The van der Waals surface area contributed by atoms with Gasteiger partial charge in [0.1, 0.15) is 31.0 Å². The minimum absolute atomic E-state index is 0.218. The molecule has 1 rings (SSSR count). The molecule has 0 aromatic carbocycles. The van der Waals surface area contributed by atoms with E-state index in [1.54, 1.807) is 0 Å². The highest BCUT2D eigenvalue weighted by atomic mass is 16.7. The third-order valence-corrected chi connectivity index (χ3v) is 11.4. The first kappa shape index (κ1) is 58.4. The minimum Gasteiger partial charge on any atom is -0.462 e. The van der Waals surface area contributed by atoms with Crippen LogP contribution in [0.1, 0.15) is 206 Å². The molecule has 1 saturated heterocycles. The fraction of sp³-hybridized carbons (Fsp3) is 0.774. The number of aliphatic hydroxyl groups is 4. The largest absolute Gasteiger partial charge is 0.462 e. The van der Waals surface area contributed by atoms with Gasteiger partial charge in [-0.1, -0.05) is 177 Å². The molecule has 1 heterocycles. The molecule has 4 N–H and O–H groups in total. The number of carbonyl (C=O) groups excluding carboxylic acids is 2. The van der Waals surface area contributed by atoms with Gasteiger partial charge in [0, 0.05) is 12.8 Å². The van der Waals surface area contributed by atoms with Crippen molar-refractivity contribution in [2.75, 3.05) is 19.8 Å². The van der Waals surface area contributed by atoms with Crippen LogP contribution < -0.4 is 0 Å². The lowest BCUT2D eigenvalue weighted by Crippen LogP contribution is -2.59. The summed E-state index contributed by atoms with van der Waals surface area (Å²) in [4.78, 5) is 25.4. The van der Waals surface area contributed by atoms with Gasteiger partial charge >= 0.3 is 11.9 Å². The van der Waals surface area contributed by atoms with E-state index in [-0.39, 0.29) is 32.0 Å². The first-order chi connectivity index (χ1) is 30.8. The maximum absolute atomic E-state index is 12.8. The number of ether oxygens (including phenoxy) is 4. The van der Waals surface area contributed by atoms with Crippen LogP contribution in [0, 0.1) is 0 Å². The van der Waals surface area contributed by atoms with Gasteiger partial charge in [-0.15, -0.1) is 0 Å². The number of rotatable bonds is 42. The molecule has 10 heteroatoms. The lowest BCUT2D eigenvalue weighted by Gasteiger charge is -2.39. The Morgan fingerprint density at radius 3 is 1.43 bits per heavy atom. The number of aliphatic hydroxyl groups excluding tert-OH is 4. The smallest absolute Gasteiger partial charge is 0.306 e. The molecule has 0 spiro atoms. The lowest BCUT2D eigenvalue weighted by molar-refractivity contribution is -0.305. The van der Waals surface area contributed by atoms with Crippen LogP contribution in [0.25, 0.3) is 0 Å². The van der Waals surface area contributed by atoms with Gasteiger partial charge in [-0.3, -0.25) is 9.59 Å². The van der Waals surface area contributed by atoms with Crippen LogP contribution in [0.3, 0.4) is 0 Å². The average molecular weight is 889 g/mol. The molecule has 364 valence electrons. The summed E-state index contributed by atoms with van der Waals surface area (Å²) in [6.07, 6.45) is 46.5. The molecule has 1 fully saturated rings. The summed E-state index contributed by atoms with van der Waals surface area (Å²) in [5.41, 5.74) is 0. The number of allylic oxidation sites excluding steroid dienone is 10. The first-order valence-corrected chi connectivity index (χ1v) is 25.4. The summed E-state index contributed by atoms with van der Waals surface area (Å²) in [5, 5.41) is 40.2. The van der Waals surface area contributed by atoms with Crippen molar-refractivity contribution in [3.63, 3.8) is 0 Å². The summed E-state index contributed by atoms with van der Waals surface area (Å²) >= 11 is 0. The fourth-order valence-electron chi connectivity index (χ4n) is 7.41. The monoisotopic (exact) mass is 889 g/mol. The van der Waals surface area contributed by atoms with Crippen molar-refractivity contribution in [2.24, 2.45) is 0 Å². The zero-order chi connectivity index (χ0) is 45.9. The van der Waals surface area contributed by atoms with Gasteiger partial charge in [-0.2, -0.15) is 0 Å². The Morgan fingerprint density at radius 1 is 0.508 bits per heavy atom. The van der Waals surface area contributed by atoms with Gasteiger partial charge in [0.2, 0.25) is 0 Å². The Balaban J connectivity index is 2.28. The van der Waals surface area contributed by atoms with Crippen LogP contribution in [-0.2, 0) is 28.5 Å². The van der Waals surface area contributed by atoms with Crippen LogP contribution >= 0.6 is 0 Å². The summed E-state index contributed by atoms with van der Waals surface area (Å²) < 4.78 is 22.2. The highest BCUT2D eigenvalue weighted by molar-refractivity contribution is 5.70. The first-order valence-electron chi connectivity index (χ1n) is 25.4. The standard InChI is InChI=1S/C53H92O10/c1-3-5-7-9-11-13-15-17-19-21-22-23-24-26-28-30-32-34-36-38-40-42-49(56)62-46(45-61-53-52(59)51(58)50(57)47(43-54)63-53)44-60-48(55)41-39-37-35-33-31-29-27-25-20-18-16-14-12-10-8-6-4-2/h5,7,11,13,17-20,22-23,46-47,50-54,57-59H,3-4,6,8-10,12,14-16,21,24-45H2,1-2H3/b7-5-,13-11-,19-17-,20-18-,23-22-. The number of esters is 2. The number of hydrogen-bond acceptors (Lipinski definition) is 10. The molecule has 1 aliphatic rings. The van der Waals surface area contributed by atoms with Crippen molar-refractivity contribution in [2.45, 2.75) is 243 Å². The molecule has 0 aromatic heterocycles. The summed E-state index contributed by atoms with van der Waals surface area (Å²) in [6.45, 7) is 3.31. The molecular formula is C53H92O10. The van der Waals surface area contributed by atoms with Gasteiger partial charge in [0.25, 0.3) is 0 Å². The third kappa shape index (κ3) is 34.4. The fourth-order valence-corrected chi connectivity index (χ4v) is 7.41. The Labute approximate surface area is 383 Å². The van der Waals surface area contributed by atoms with E-state index in [1.807, 2.05) is 0 Å². The van der Waals surface area contributed by atoms with Gasteiger partial charge in [0.15, 0.2) is 12.4 Å². The molecule has 0 bridgehead atoms. The molecule has 1 aliphatic heterocycles. The maximum atomic E-state index is 12.8. The second-order valence-electron chi connectivity index (χ2n) is 17.2. The van der Waals surface area contributed by atoms with E-state index in [9.17, 15) is 30.0 Å². The molecule has 0 radical (unpaired) electrons. The van der Waals surface area contributed by atoms with Crippen LogP contribution in [0.5, 0.6) is 0 Å². The van der Waals surface area contributed by atoms with Crippen molar-refractivity contribution in [3.8, 4) is 0 Å². The molecule has 0 aromatic rings. The molecule has 0 saturated carbocycles. The predicted molar refractivity (Wildman–Crippen MR) is 256 cm³/mol. The zero-order valence-electron chi connectivity index (χ0n) is 39.8. The van der Waals surface area contributed by atoms with E-state index in [0.717, 1.165) is 83.5 Å². The van der Waals surface area contributed by atoms with Gasteiger partial charge in [-0.25, -0.2) is 0 Å². The van der Waals surface area contributed by atoms with Crippen molar-refractivity contribution in [1.29, 1.82) is 0 Å². The number of unbranched alkanes of at least 4 members (excludes halogenated alkanes) is 21. The van der Waals surface area contributed by atoms with Crippen LogP contribution in [0.4, 0.5) is 0 Å². The Bertz CT molecular complexity index is 1210. The normalized spacial score (nSPS) is 20.0. The van der Waals surface area contributed by atoms with Crippen LogP contribution in [0.15, 0.2) is 60.8 Å². The topological polar surface area (TPSA) is 152 Å². The predicted octanol–water partition coefficient (Wildman–Crippen LogP) is 11.8. The lowest BCUT2D eigenvalue weighted by atomic mass is 9.99. The SMILES string of the molecule is CC/C=C\C/C=C\C/C=C\C/C=C\CCCCCCCCCCC(=O)OC(COC(=O)CCCCCCCCC/C=C\CCCCCCCC)COC1OC(CO)C(O)C(O)C1O. The summed E-state index contributed by atoms with van der Waals surface area (Å²) in [5.74, 6) is -0.820. The Kier molecular flexibility index (Phi) is 40.2. The molecule has 0 amide bonds. The average Bonchev–Trinajstić information content (AvgIpc) is 3.28. The third-order valence-electron chi connectivity index (χ3n) is 11.4. The molecular weight excluding hydrogens is 797 g/mol. The van der Waals surface area contributed by atoms with Crippen LogP contribution in [-0.4, -0.2) is 89.0 Å². The second kappa shape index (κ2) is 43.3. The van der Waals surface area contributed by atoms with E-state index >= 15 is 0 Å². The number of hydrogen-bond donors (Lipinski definition) is 4. The van der Waals surface area contributed by atoms with E-state index in [0.29, 0.717) is 6.42 Å². The van der Waals surface area contributed by atoms with E-state index < -0.39 is 49.4 Å². The Hall–Kier alpha value is -2.60. The van der Waals surface area contributed by atoms with Gasteiger partial charge < -0.3 is 39.4 Å². The van der Waals surface area contributed by atoms with Crippen molar-refractivity contribution < 1.29 is 49.0 Å². The van der Waals surface area contributed by atoms with Crippen molar-refractivity contribution in [3.05, 3.63) is 60.8 Å². The molecule has 0 aliphatic carbocycles.